The minimum absolute atomic E-state index is 0.163. The van der Waals surface area contributed by atoms with E-state index >= 15 is 0 Å². The van der Waals surface area contributed by atoms with Crippen LogP contribution in [-0.4, -0.2) is 27.2 Å². The molecule has 0 spiro atoms. The van der Waals surface area contributed by atoms with Crippen LogP contribution in [0.2, 0.25) is 5.02 Å². The number of rotatable bonds is 7. The number of ether oxygens (including phenoxy) is 1. The molecule has 0 saturated carbocycles. The largest absolute Gasteiger partial charge is 0.494 e. The van der Waals surface area contributed by atoms with E-state index in [1.807, 2.05) is 38.1 Å². The van der Waals surface area contributed by atoms with Gasteiger partial charge in [-0.1, -0.05) is 23.7 Å². The maximum absolute atomic E-state index is 12.5. The molecule has 1 atom stereocenters. The van der Waals surface area contributed by atoms with Gasteiger partial charge in [-0.15, -0.1) is 0 Å². The third-order valence-electron chi connectivity index (χ3n) is 3.56. The number of anilines is 1. The van der Waals surface area contributed by atoms with Gasteiger partial charge in [-0.25, -0.2) is 8.42 Å². The van der Waals surface area contributed by atoms with E-state index in [9.17, 15) is 13.2 Å². The number of nitrogens with one attached hydrogen (secondary N) is 2. The first-order valence-corrected chi connectivity index (χ1v) is 10.3. The summed E-state index contributed by atoms with van der Waals surface area (Å²) in [6, 6.07) is 11.6. The predicted octanol–water partition coefficient (Wildman–Crippen LogP) is 3.60. The molecule has 1 amide bonds. The van der Waals surface area contributed by atoms with Crippen molar-refractivity contribution in [1.82, 2.24) is 5.32 Å². The molecule has 0 aliphatic heterocycles. The van der Waals surface area contributed by atoms with Gasteiger partial charge in [0.1, 0.15) is 5.75 Å². The van der Waals surface area contributed by atoms with Crippen molar-refractivity contribution in [2.24, 2.45) is 0 Å². The first kappa shape index (κ1) is 20.1. The first-order valence-electron chi connectivity index (χ1n) is 8.00. The lowest BCUT2D eigenvalue weighted by Gasteiger charge is -2.16. The Morgan fingerprint density at radius 2 is 1.85 bits per heavy atom. The van der Waals surface area contributed by atoms with E-state index < -0.39 is 10.0 Å². The number of amides is 1. The zero-order chi connectivity index (χ0) is 19.3. The molecule has 2 aromatic carbocycles. The van der Waals surface area contributed by atoms with Crippen molar-refractivity contribution in [2.75, 3.05) is 17.6 Å². The average molecular weight is 397 g/mol. The van der Waals surface area contributed by atoms with Crippen LogP contribution >= 0.6 is 11.6 Å². The van der Waals surface area contributed by atoms with Crippen molar-refractivity contribution in [1.29, 1.82) is 0 Å². The summed E-state index contributed by atoms with van der Waals surface area (Å²) >= 11 is 5.98. The normalized spacial score (nSPS) is 12.3. The van der Waals surface area contributed by atoms with Gasteiger partial charge in [-0.05, 0) is 49.7 Å². The molecule has 1 unspecified atom stereocenters. The second kappa shape index (κ2) is 8.42. The molecule has 2 N–H and O–H groups in total. The molecule has 0 fully saturated rings. The third-order valence-corrected chi connectivity index (χ3v) is 4.48. The van der Waals surface area contributed by atoms with Crippen molar-refractivity contribution in [2.45, 2.75) is 19.9 Å². The Morgan fingerprint density at radius 1 is 1.19 bits per heavy atom. The second-order valence-electron chi connectivity index (χ2n) is 5.77. The average Bonchev–Trinajstić information content (AvgIpc) is 2.56. The van der Waals surface area contributed by atoms with Crippen molar-refractivity contribution in [3.63, 3.8) is 0 Å². The predicted molar refractivity (Wildman–Crippen MR) is 103 cm³/mol. The fourth-order valence-electron chi connectivity index (χ4n) is 2.33. The van der Waals surface area contributed by atoms with Crippen LogP contribution in [-0.2, 0) is 10.0 Å². The van der Waals surface area contributed by atoms with Gasteiger partial charge in [-0.3, -0.25) is 9.52 Å². The number of hydrogen-bond acceptors (Lipinski definition) is 4. The van der Waals surface area contributed by atoms with E-state index in [4.69, 9.17) is 16.3 Å². The maximum atomic E-state index is 12.5. The SMILES string of the molecule is CCOc1ccc(C(C)NC(=O)c2ccc(Cl)c(NS(C)(=O)=O)c2)cc1. The fraction of sp³-hybridized carbons (Fsp3) is 0.278. The number of carbonyl (C=O) groups excluding carboxylic acids is 1. The summed E-state index contributed by atoms with van der Waals surface area (Å²) in [7, 11) is -3.50. The molecule has 0 aliphatic carbocycles. The molecule has 6 nitrogen and oxygen atoms in total. The Balaban J connectivity index is 2.12. The Bertz CT molecular complexity index is 883. The van der Waals surface area contributed by atoms with Gasteiger partial charge in [0.2, 0.25) is 10.0 Å². The summed E-state index contributed by atoms with van der Waals surface area (Å²) in [5.41, 5.74) is 1.39. The molecule has 0 aliphatic rings. The van der Waals surface area contributed by atoms with E-state index in [2.05, 4.69) is 10.0 Å². The molecule has 0 heterocycles. The number of halogens is 1. The lowest BCUT2D eigenvalue weighted by Crippen LogP contribution is -2.26. The molecule has 8 heteroatoms. The highest BCUT2D eigenvalue weighted by Crippen LogP contribution is 2.24. The van der Waals surface area contributed by atoms with E-state index in [1.54, 1.807) is 0 Å². The summed E-state index contributed by atoms with van der Waals surface area (Å²) < 4.78 is 30.5. The minimum Gasteiger partial charge on any atom is -0.494 e. The van der Waals surface area contributed by atoms with Gasteiger partial charge in [-0.2, -0.15) is 0 Å². The molecule has 26 heavy (non-hydrogen) atoms. The summed E-state index contributed by atoms with van der Waals surface area (Å²) in [6.45, 7) is 4.36. The molecule has 2 rings (SSSR count). The van der Waals surface area contributed by atoms with Gasteiger partial charge in [0, 0.05) is 5.56 Å². The minimum atomic E-state index is -3.50. The van der Waals surface area contributed by atoms with Crippen LogP contribution in [0.25, 0.3) is 0 Å². The van der Waals surface area contributed by atoms with E-state index in [-0.39, 0.29) is 22.7 Å². The van der Waals surface area contributed by atoms with Gasteiger partial charge < -0.3 is 10.1 Å². The topological polar surface area (TPSA) is 84.5 Å². The third kappa shape index (κ3) is 5.64. The van der Waals surface area contributed by atoms with Crippen LogP contribution in [0.15, 0.2) is 42.5 Å². The highest BCUT2D eigenvalue weighted by molar-refractivity contribution is 7.92. The van der Waals surface area contributed by atoms with Gasteiger partial charge in [0.05, 0.1) is 29.6 Å². The Hall–Kier alpha value is -2.25. The van der Waals surface area contributed by atoms with Crippen LogP contribution in [0.1, 0.15) is 35.8 Å². The highest BCUT2D eigenvalue weighted by atomic mass is 35.5. The van der Waals surface area contributed by atoms with Crippen molar-refractivity contribution >= 4 is 33.2 Å². The summed E-state index contributed by atoms with van der Waals surface area (Å²) in [5.74, 6) is 0.434. The van der Waals surface area contributed by atoms with E-state index in [0.29, 0.717) is 12.2 Å². The monoisotopic (exact) mass is 396 g/mol. The lowest BCUT2D eigenvalue weighted by atomic mass is 10.1. The summed E-state index contributed by atoms with van der Waals surface area (Å²) in [5, 5.41) is 3.09. The molecular formula is C18H21ClN2O4S. The van der Waals surface area contributed by atoms with Crippen molar-refractivity contribution in [3.8, 4) is 5.75 Å². The fourth-order valence-corrected chi connectivity index (χ4v) is 3.12. The quantitative estimate of drug-likeness (QED) is 0.748. The van der Waals surface area contributed by atoms with Crippen molar-refractivity contribution < 1.29 is 17.9 Å². The van der Waals surface area contributed by atoms with Crippen LogP contribution in [0.3, 0.4) is 0 Å². The summed E-state index contributed by atoms with van der Waals surface area (Å²) in [4.78, 5) is 12.5. The second-order valence-corrected chi connectivity index (χ2v) is 7.92. The Kier molecular flexibility index (Phi) is 6.50. The van der Waals surface area contributed by atoms with E-state index in [1.165, 1.54) is 18.2 Å². The standard InChI is InChI=1S/C18H21ClN2O4S/c1-4-25-15-8-5-13(6-9-15)12(2)20-18(22)14-7-10-16(19)17(11-14)21-26(3,23)24/h5-12,21H,4H2,1-3H3,(H,20,22). The Morgan fingerprint density at radius 3 is 2.42 bits per heavy atom. The zero-order valence-corrected chi connectivity index (χ0v) is 16.3. The molecule has 2 aromatic rings. The first-order chi connectivity index (χ1) is 12.2. The van der Waals surface area contributed by atoms with Crippen LogP contribution in [0.4, 0.5) is 5.69 Å². The number of hydrogen-bond donors (Lipinski definition) is 2. The Labute approximate surface area is 158 Å². The van der Waals surface area contributed by atoms with Crippen LogP contribution < -0.4 is 14.8 Å². The van der Waals surface area contributed by atoms with Gasteiger partial charge in [0.15, 0.2) is 0 Å². The van der Waals surface area contributed by atoms with Crippen LogP contribution in [0, 0.1) is 0 Å². The lowest BCUT2D eigenvalue weighted by molar-refractivity contribution is 0.0940. The number of sulfonamides is 1. The van der Waals surface area contributed by atoms with Crippen molar-refractivity contribution in [3.05, 3.63) is 58.6 Å². The smallest absolute Gasteiger partial charge is 0.251 e. The zero-order valence-electron chi connectivity index (χ0n) is 14.7. The molecule has 0 saturated heterocycles. The van der Waals surface area contributed by atoms with Gasteiger partial charge in [0.25, 0.3) is 5.91 Å². The highest BCUT2D eigenvalue weighted by Gasteiger charge is 2.14. The number of carbonyl (C=O) groups is 1. The van der Waals surface area contributed by atoms with E-state index in [0.717, 1.165) is 17.6 Å². The molecule has 0 radical (unpaired) electrons. The molecule has 0 bridgehead atoms. The molecular weight excluding hydrogens is 376 g/mol. The van der Waals surface area contributed by atoms with Crippen LogP contribution in [0.5, 0.6) is 5.75 Å². The number of benzene rings is 2. The maximum Gasteiger partial charge on any atom is 0.251 e. The van der Waals surface area contributed by atoms with Gasteiger partial charge >= 0.3 is 0 Å². The summed E-state index contributed by atoms with van der Waals surface area (Å²) in [6.07, 6.45) is 1.02. The molecule has 140 valence electrons. The molecule has 0 aromatic heterocycles.